The highest BCUT2D eigenvalue weighted by Crippen LogP contribution is 2.29. The van der Waals surface area contributed by atoms with E-state index in [1.54, 1.807) is 12.1 Å². The standard InChI is InChI=1S/C13H6BrF4N/c14-9-12(17)10(15)8(11(16)13(9)18)2-1-7-3-5-19-6-4-7/h1-6H/b2-1+. The Labute approximate surface area is 114 Å². The van der Waals surface area contributed by atoms with Crippen LogP contribution >= 0.6 is 15.9 Å². The smallest absolute Gasteiger partial charge is 0.176 e. The van der Waals surface area contributed by atoms with Gasteiger partial charge in [-0.2, -0.15) is 0 Å². The average molecular weight is 332 g/mol. The van der Waals surface area contributed by atoms with E-state index in [9.17, 15) is 17.6 Å². The summed E-state index contributed by atoms with van der Waals surface area (Å²) in [6.07, 6.45) is 5.26. The lowest BCUT2D eigenvalue weighted by Crippen LogP contribution is -2.00. The van der Waals surface area contributed by atoms with Crippen molar-refractivity contribution in [2.45, 2.75) is 0 Å². The van der Waals surface area contributed by atoms with E-state index in [4.69, 9.17) is 0 Å². The molecule has 6 heteroatoms. The molecule has 1 aromatic carbocycles. The molecular weight excluding hydrogens is 326 g/mol. The van der Waals surface area contributed by atoms with Crippen LogP contribution in [0.2, 0.25) is 0 Å². The largest absolute Gasteiger partial charge is 0.265 e. The Morgan fingerprint density at radius 3 is 1.89 bits per heavy atom. The number of pyridine rings is 1. The van der Waals surface area contributed by atoms with Crippen LogP contribution in [0.5, 0.6) is 0 Å². The molecule has 1 heterocycles. The van der Waals surface area contributed by atoms with Gasteiger partial charge in [0, 0.05) is 12.4 Å². The number of halogens is 5. The molecular formula is C13H6BrF4N. The van der Waals surface area contributed by atoms with Crippen LogP contribution in [-0.2, 0) is 0 Å². The van der Waals surface area contributed by atoms with E-state index >= 15 is 0 Å². The first-order valence-corrected chi connectivity index (χ1v) is 5.91. The highest BCUT2D eigenvalue weighted by molar-refractivity contribution is 9.10. The molecule has 0 unspecified atom stereocenters. The number of aromatic nitrogens is 1. The highest BCUT2D eigenvalue weighted by atomic mass is 79.9. The molecule has 2 aromatic rings. The average Bonchev–Trinajstić information content (AvgIpc) is 2.44. The number of benzene rings is 1. The predicted molar refractivity (Wildman–Crippen MR) is 67.1 cm³/mol. The normalized spacial score (nSPS) is 11.2. The molecule has 0 atom stereocenters. The summed E-state index contributed by atoms with van der Waals surface area (Å²) in [6, 6.07) is 3.16. The molecule has 0 radical (unpaired) electrons. The van der Waals surface area contributed by atoms with E-state index in [0.717, 1.165) is 6.08 Å². The number of hydrogen-bond acceptors (Lipinski definition) is 1. The van der Waals surface area contributed by atoms with Gasteiger partial charge < -0.3 is 0 Å². The van der Waals surface area contributed by atoms with Crippen LogP contribution < -0.4 is 0 Å². The van der Waals surface area contributed by atoms with Crippen LogP contribution in [0.3, 0.4) is 0 Å². The summed E-state index contributed by atoms with van der Waals surface area (Å²) in [6.45, 7) is 0. The molecule has 1 nitrogen and oxygen atoms in total. The third-order valence-electron chi connectivity index (χ3n) is 2.39. The van der Waals surface area contributed by atoms with Crippen LogP contribution in [-0.4, -0.2) is 4.98 Å². The second kappa shape index (κ2) is 5.52. The first-order valence-electron chi connectivity index (χ1n) is 5.12. The lowest BCUT2D eigenvalue weighted by atomic mass is 10.1. The molecule has 0 saturated carbocycles. The maximum absolute atomic E-state index is 13.5. The zero-order valence-corrected chi connectivity index (χ0v) is 10.9. The van der Waals surface area contributed by atoms with Crippen molar-refractivity contribution in [1.82, 2.24) is 4.98 Å². The van der Waals surface area contributed by atoms with Crippen molar-refractivity contribution in [2.75, 3.05) is 0 Å². The Hall–Kier alpha value is -1.69. The van der Waals surface area contributed by atoms with Gasteiger partial charge in [-0.15, -0.1) is 0 Å². The lowest BCUT2D eigenvalue weighted by molar-refractivity contribution is 0.444. The van der Waals surface area contributed by atoms with Crippen LogP contribution in [0, 0.1) is 23.3 Å². The van der Waals surface area contributed by atoms with Crippen LogP contribution in [0.1, 0.15) is 11.1 Å². The number of rotatable bonds is 2. The second-order valence-corrected chi connectivity index (χ2v) is 4.39. The monoisotopic (exact) mass is 331 g/mol. The van der Waals surface area contributed by atoms with Gasteiger partial charge in [0.1, 0.15) is 0 Å². The first kappa shape index (κ1) is 13.7. The molecule has 0 amide bonds. The molecule has 19 heavy (non-hydrogen) atoms. The summed E-state index contributed by atoms with van der Waals surface area (Å²) in [5.41, 5.74) is -0.174. The Balaban J connectivity index is 2.50. The summed E-state index contributed by atoms with van der Waals surface area (Å²) in [5.74, 6) is -5.83. The fourth-order valence-corrected chi connectivity index (χ4v) is 1.77. The topological polar surface area (TPSA) is 12.9 Å². The third kappa shape index (κ3) is 2.68. The van der Waals surface area contributed by atoms with E-state index in [1.165, 1.54) is 18.5 Å². The van der Waals surface area contributed by atoms with Gasteiger partial charge >= 0.3 is 0 Å². The number of hydrogen-bond donors (Lipinski definition) is 0. The van der Waals surface area contributed by atoms with Crippen LogP contribution in [0.15, 0.2) is 29.0 Å². The van der Waals surface area contributed by atoms with Crippen molar-refractivity contribution >= 4 is 28.1 Å². The van der Waals surface area contributed by atoms with E-state index in [2.05, 4.69) is 20.9 Å². The zero-order chi connectivity index (χ0) is 14.0. The molecule has 1 aromatic heterocycles. The molecule has 0 bridgehead atoms. The maximum Gasteiger partial charge on any atom is 0.176 e. The summed E-state index contributed by atoms with van der Waals surface area (Å²) in [4.78, 5) is 3.77. The van der Waals surface area contributed by atoms with Gasteiger partial charge in [0.05, 0.1) is 10.0 Å². The Morgan fingerprint density at radius 2 is 1.37 bits per heavy atom. The Bertz CT molecular complexity index is 612. The van der Waals surface area contributed by atoms with Crippen LogP contribution in [0.25, 0.3) is 12.2 Å². The third-order valence-corrected chi connectivity index (χ3v) is 3.09. The fraction of sp³-hybridized carbons (Fsp3) is 0. The van der Waals surface area contributed by atoms with Crippen molar-refractivity contribution in [2.24, 2.45) is 0 Å². The second-order valence-electron chi connectivity index (χ2n) is 3.60. The maximum atomic E-state index is 13.5. The minimum absolute atomic E-state index is 0.595. The van der Waals surface area contributed by atoms with E-state index in [-0.39, 0.29) is 0 Å². The minimum Gasteiger partial charge on any atom is -0.265 e. The molecule has 0 aliphatic carbocycles. The van der Waals surface area contributed by atoms with E-state index in [1.807, 2.05) is 0 Å². The molecule has 2 rings (SSSR count). The van der Waals surface area contributed by atoms with Gasteiger partial charge in [-0.25, -0.2) is 17.6 Å². The molecule has 0 spiro atoms. The first-order chi connectivity index (χ1) is 9.02. The van der Waals surface area contributed by atoms with E-state index < -0.39 is 33.3 Å². The van der Waals surface area contributed by atoms with Gasteiger partial charge in [0.2, 0.25) is 0 Å². The summed E-state index contributed by atoms with van der Waals surface area (Å²) in [5, 5.41) is 0. The zero-order valence-electron chi connectivity index (χ0n) is 9.30. The molecule has 0 aliphatic rings. The molecule has 98 valence electrons. The molecule has 0 fully saturated rings. The van der Waals surface area contributed by atoms with Crippen molar-refractivity contribution in [3.8, 4) is 0 Å². The van der Waals surface area contributed by atoms with Crippen molar-refractivity contribution in [3.05, 3.63) is 63.4 Å². The van der Waals surface area contributed by atoms with Crippen molar-refractivity contribution in [3.63, 3.8) is 0 Å². The minimum atomic E-state index is -1.46. The van der Waals surface area contributed by atoms with Crippen LogP contribution in [0.4, 0.5) is 17.6 Å². The molecule has 0 N–H and O–H groups in total. The SMILES string of the molecule is Fc1c(F)c(/C=C/c2ccncc2)c(F)c(F)c1Br. The molecule has 0 aliphatic heterocycles. The highest BCUT2D eigenvalue weighted by Gasteiger charge is 2.22. The fourth-order valence-electron chi connectivity index (χ4n) is 1.42. The summed E-state index contributed by atoms with van der Waals surface area (Å²) >= 11 is 2.45. The van der Waals surface area contributed by atoms with E-state index in [0.29, 0.717) is 5.56 Å². The quantitative estimate of drug-likeness (QED) is 0.446. The number of nitrogens with zero attached hydrogens (tertiary/aromatic N) is 1. The van der Waals surface area contributed by atoms with Gasteiger partial charge in [-0.3, -0.25) is 4.98 Å². The predicted octanol–water partition coefficient (Wildman–Crippen LogP) is 4.57. The summed E-state index contributed by atoms with van der Waals surface area (Å²) < 4.78 is 52.8. The Morgan fingerprint density at radius 1 is 0.842 bits per heavy atom. The lowest BCUT2D eigenvalue weighted by Gasteiger charge is -2.05. The van der Waals surface area contributed by atoms with Gasteiger partial charge in [-0.1, -0.05) is 6.08 Å². The summed E-state index contributed by atoms with van der Waals surface area (Å²) in [7, 11) is 0. The van der Waals surface area contributed by atoms with Crippen molar-refractivity contribution < 1.29 is 17.6 Å². The van der Waals surface area contributed by atoms with Crippen molar-refractivity contribution in [1.29, 1.82) is 0 Å². The van der Waals surface area contributed by atoms with Gasteiger partial charge in [0.25, 0.3) is 0 Å². The molecule has 0 saturated heterocycles. The Kier molecular flexibility index (Phi) is 3.99. The van der Waals surface area contributed by atoms with Gasteiger partial charge in [0.15, 0.2) is 23.3 Å². The van der Waals surface area contributed by atoms with Gasteiger partial charge in [-0.05, 0) is 39.7 Å².